The summed E-state index contributed by atoms with van der Waals surface area (Å²) in [5, 5.41) is 13.6. The van der Waals surface area contributed by atoms with Gasteiger partial charge in [0.05, 0.1) is 17.5 Å². The lowest BCUT2D eigenvalue weighted by molar-refractivity contribution is 0.102. The van der Waals surface area contributed by atoms with Crippen molar-refractivity contribution in [2.75, 3.05) is 16.0 Å². The molecule has 2 aromatic carbocycles. The van der Waals surface area contributed by atoms with E-state index in [1.807, 2.05) is 36.7 Å². The average molecular weight is 428 g/mol. The Morgan fingerprint density at radius 1 is 0.875 bits per heavy atom. The number of carbonyl (C=O) groups excluding carboxylic acids is 2. The summed E-state index contributed by atoms with van der Waals surface area (Å²) >= 11 is 0. The Hall–Kier alpha value is -4.20. The second-order valence-corrected chi connectivity index (χ2v) is 7.70. The minimum Gasteiger partial charge on any atom is -0.322 e. The number of urea groups is 1. The first-order valence-electron chi connectivity index (χ1n) is 10.3. The lowest BCUT2D eigenvalue weighted by Crippen LogP contribution is -2.19. The van der Waals surface area contributed by atoms with Crippen LogP contribution in [0.1, 0.15) is 35.9 Å². The summed E-state index contributed by atoms with van der Waals surface area (Å²) in [4.78, 5) is 29.7. The van der Waals surface area contributed by atoms with Crippen LogP contribution in [-0.4, -0.2) is 26.7 Å². The number of fused-ring (bicyclic) bond motifs is 1. The number of rotatable bonds is 5. The highest BCUT2D eigenvalue weighted by Crippen LogP contribution is 2.21. The van der Waals surface area contributed by atoms with Crippen molar-refractivity contribution in [1.29, 1.82) is 0 Å². The van der Waals surface area contributed by atoms with E-state index in [2.05, 4.69) is 26.0 Å². The molecule has 3 amide bonds. The van der Waals surface area contributed by atoms with Crippen LogP contribution in [0.15, 0.2) is 66.9 Å². The number of pyridine rings is 1. The number of para-hydroxylation sites is 1. The van der Waals surface area contributed by atoms with Crippen molar-refractivity contribution in [3.05, 3.63) is 78.1 Å². The van der Waals surface area contributed by atoms with Gasteiger partial charge >= 0.3 is 6.03 Å². The fourth-order valence-corrected chi connectivity index (χ4v) is 3.36. The van der Waals surface area contributed by atoms with Crippen LogP contribution < -0.4 is 16.0 Å². The van der Waals surface area contributed by atoms with Crippen molar-refractivity contribution in [2.24, 2.45) is 0 Å². The molecule has 0 radical (unpaired) electrons. The van der Waals surface area contributed by atoms with E-state index in [4.69, 9.17) is 0 Å². The predicted molar refractivity (Wildman–Crippen MR) is 126 cm³/mol. The van der Waals surface area contributed by atoms with Gasteiger partial charge in [0.2, 0.25) is 0 Å². The van der Waals surface area contributed by atoms with Crippen LogP contribution in [0, 0.1) is 6.92 Å². The quantitative estimate of drug-likeness (QED) is 0.406. The number of hydrogen-bond donors (Lipinski definition) is 3. The Labute approximate surface area is 185 Å². The van der Waals surface area contributed by atoms with Crippen molar-refractivity contribution in [3.63, 3.8) is 0 Å². The normalized spacial score (nSPS) is 10.9. The van der Waals surface area contributed by atoms with Crippen LogP contribution in [-0.2, 0) is 0 Å². The van der Waals surface area contributed by atoms with Crippen LogP contribution in [0.3, 0.4) is 0 Å². The Morgan fingerprint density at radius 3 is 2.25 bits per heavy atom. The van der Waals surface area contributed by atoms with Gasteiger partial charge in [-0.15, -0.1) is 0 Å². The minimum atomic E-state index is -0.368. The van der Waals surface area contributed by atoms with Crippen LogP contribution in [0.2, 0.25) is 0 Å². The maximum Gasteiger partial charge on any atom is 0.323 e. The number of aryl methyl sites for hydroxylation is 1. The van der Waals surface area contributed by atoms with Crippen LogP contribution in [0.4, 0.5) is 21.9 Å². The van der Waals surface area contributed by atoms with Crippen molar-refractivity contribution in [3.8, 4) is 0 Å². The van der Waals surface area contributed by atoms with Gasteiger partial charge in [0.15, 0.2) is 5.65 Å². The molecule has 0 bridgehead atoms. The molecule has 0 fully saturated rings. The first kappa shape index (κ1) is 21.0. The lowest BCUT2D eigenvalue weighted by Gasteiger charge is -2.11. The van der Waals surface area contributed by atoms with Gasteiger partial charge in [-0.2, -0.15) is 5.10 Å². The van der Waals surface area contributed by atoms with Gasteiger partial charge in [-0.05, 0) is 57.2 Å². The molecule has 0 spiro atoms. The van der Waals surface area contributed by atoms with E-state index in [9.17, 15) is 9.59 Å². The highest BCUT2D eigenvalue weighted by Gasteiger charge is 2.16. The lowest BCUT2D eigenvalue weighted by atomic mass is 10.1. The molecular weight excluding hydrogens is 404 g/mol. The molecule has 0 aliphatic carbocycles. The Balaban J connectivity index is 1.48. The smallest absolute Gasteiger partial charge is 0.322 e. The molecule has 3 N–H and O–H groups in total. The topological polar surface area (TPSA) is 101 Å². The molecule has 8 nitrogen and oxygen atoms in total. The fraction of sp³-hybridized carbons (Fsp3) is 0.167. The fourth-order valence-electron chi connectivity index (χ4n) is 3.36. The van der Waals surface area contributed by atoms with Crippen LogP contribution in [0.5, 0.6) is 0 Å². The SMILES string of the molecule is Cc1nc2c(cnn2C(C)C)cc1C(=O)Nc1cccc(NC(=O)Nc2ccccc2)c1. The Bertz CT molecular complexity index is 1280. The molecule has 2 heterocycles. The number of carbonyl (C=O) groups is 2. The van der Waals surface area contributed by atoms with Crippen molar-refractivity contribution >= 4 is 40.0 Å². The van der Waals surface area contributed by atoms with Crippen molar-refractivity contribution in [2.45, 2.75) is 26.8 Å². The molecule has 4 rings (SSSR count). The molecule has 0 atom stereocenters. The molecule has 162 valence electrons. The van der Waals surface area contributed by atoms with E-state index in [0.717, 1.165) is 11.0 Å². The largest absolute Gasteiger partial charge is 0.323 e. The number of benzene rings is 2. The van der Waals surface area contributed by atoms with Gasteiger partial charge in [0.1, 0.15) is 0 Å². The third-order valence-electron chi connectivity index (χ3n) is 4.90. The van der Waals surface area contributed by atoms with Gasteiger partial charge < -0.3 is 16.0 Å². The zero-order chi connectivity index (χ0) is 22.7. The number of nitrogens with one attached hydrogen (secondary N) is 3. The monoisotopic (exact) mass is 428 g/mol. The highest BCUT2D eigenvalue weighted by molar-refractivity contribution is 6.07. The molecule has 32 heavy (non-hydrogen) atoms. The van der Waals surface area contributed by atoms with Crippen molar-refractivity contribution < 1.29 is 9.59 Å². The summed E-state index contributed by atoms with van der Waals surface area (Å²) < 4.78 is 1.83. The summed E-state index contributed by atoms with van der Waals surface area (Å²) in [5.74, 6) is -0.278. The summed E-state index contributed by atoms with van der Waals surface area (Å²) in [7, 11) is 0. The van der Waals surface area contributed by atoms with Gasteiger partial charge in [0.25, 0.3) is 5.91 Å². The van der Waals surface area contributed by atoms with Gasteiger partial charge in [-0.25, -0.2) is 14.5 Å². The second kappa shape index (κ2) is 8.89. The van der Waals surface area contributed by atoms with Crippen LogP contribution >= 0.6 is 0 Å². The molecule has 8 heteroatoms. The number of nitrogens with zero attached hydrogens (tertiary/aromatic N) is 3. The number of amides is 3. The molecule has 0 saturated carbocycles. The molecule has 4 aromatic rings. The Morgan fingerprint density at radius 2 is 1.53 bits per heavy atom. The highest BCUT2D eigenvalue weighted by atomic mass is 16.2. The zero-order valence-corrected chi connectivity index (χ0v) is 18.1. The Kier molecular flexibility index (Phi) is 5.85. The van der Waals surface area contributed by atoms with E-state index in [1.54, 1.807) is 55.6 Å². The zero-order valence-electron chi connectivity index (χ0n) is 18.1. The van der Waals surface area contributed by atoms with Gasteiger partial charge in [-0.1, -0.05) is 24.3 Å². The number of hydrogen-bond acceptors (Lipinski definition) is 4. The van der Waals surface area contributed by atoms with Crippen molar-refractivity contribution in [1.82, 2.24) is 14.8 Å². The third-order valence-corrected chi connectivity index (χ3v) is 4.90. The molecule has 2 aromatic heterocycles. The van der Waals surface area contributed by atoms with E-state index < -0.39 is 0 Å². The molecular formula is C24H24N6O2. The van der Waals surface area contributed by atoms with E-state index in [1.165, 1.54) is 0 Å². The first-order valence-corrected chi connectivity index (χ1v) is 10.3. The van der Waals surface area contributed by atoms with Gasteiger partial charge in [0, 0.05) is 28.5 Å². The van der Waals surface area contributed by atoms with Crippen LogP contribution in [0.25, 0.3) is 11.0 Å². The summed E-state index contributed by atoms with van der Waals surface area (Å²) in [6, 6.07) is 17.7. The van der Waals surface area contributed by atoms with E-state index >= 15 is 0 Å². The maximum atomic E-state index is 12.9. The predicted octanol–water partition coefficient (Wildman–Crippen LogP) is 5.22. The standard InChI is InChI=1S/C24H24N6O2/c1-15(2)30-22-17(14-25-30)12-21(16(3)26-22)23(31)27-19-10-7-11-20(13-19)29-24(32)28-18-8-5-4-6-9-18/h4-15H,1-3H3,(H,27,31)(H2,28,29,32). The number of anilines is 3. The molecule has 0 unspecified atom stereocenters. The summed E-state index contributed by atoms with van der Waals surface area (Å²) in [5.41, 5.74) is 3.65. The van der Waals surface area contributed by atoms with Gasteiger partial charge in [-0.3, -0.25) is 4.79 Å². The third kappa shape index (κ3) is 4.59. The summed E-state index contributed by atoms with van der Waals surface area (Å²) in [6.45, 7) is 5.87. The number of aromatic nitrogens is 3. The molecule has 0 aliphatic heterocycles. The molecule has 0 aliphatic rings. The average Bonchev–Trinajstić information content (AvgIpc) is 3.17. The summed E-state index contributed by atoms with van der Waals surface area (Å²) in [6.07, 6.45) is 1.72. The first-order chi connectivity index (χ1) is 15.4. The second-order valence-electron chi connectivity index (χ2n) is 7.70. The maximum absolute atomic E-state index is 12.9. The van der Waals surface area contributed by atoms with E-state index in [-0.39, 0.29) is 18.0 Å². The molecule has 0 saturated heterocycles. The van der Waals surface area contributed by atoms with E-state index in [0.29, 0.717) is 28.3 Å². The minimum absolute atomic E-state index is 0.174.